The number of aliphatic carboxylic acids is 1. The molecule has 2 nitrogen and oxygen atoms in total. The van der Waals surface area contributed by atoms with E-state index in [4.69, 9.17) is 5.11 Å². The van der Waals surface area contributed by atoms with Crippen LogP contribution in [0.4, 0.5) is 0 Å². The van der Waals surface area contributed by atoms with Gasteiger partial charge in [-0.05, 0) is 18.8 Å². The average Bonchev–Trinajstić information content (AvgIpc) is 2.03. The summed E-state index contributed by atoms with van der Waals surface area (Å²) in [6, 6.07) is 0. The van der Waals surface area contributed by atoms with Crippen LogP contribution in [0.1, 0.15) is 39.0 Å². The van der Waals surface area contributed by atoms with Crippen LogP contribution in [-0.4, -0.2) is 22.1 Å². The van der Waals surface area contributed by atoms with Crippen LogP contribution in [0.5, 0.6) is 0 Å². The molecule has 0 aromatic heterocycles. The van der Waals surface area contributed by atoms with Crippen molar-refractivity contribution in [1.82, 2.24) is 0 Å². The smallest absolute Gasteiger partial charge is 0.304 e. The Kier molecular flexibility index (Phi) is 4.64. The lowest BCUT2D eigenvalue weighted by Crippen LogP contribution is -2.15. The second kappa shape index (κ2) is 5.53. The maximum Gasteiger partial charge on any atom is 0.304 e. The summed E-state index contributed by atoms with van der Waals surface area (Å²) in [7, 11) is 0. The van der Waals surface area contributed by atoms with Crippen LogP contribution in [0.3, 0.4) is 0 Å². The number of carboxylic acid groups (broad SMARTS) is 1. The molecular weight excluding hydrogens is 184 g/mol. The highest BCUT2D eigenvalue weighted by molar-refractivity contribution is 7.99. The Morgan fingerprint density at radius 1 is 1.54 bits per heavy atom. The Balaban J connectivity index is 2.10. The molecule has 0 heterocycles. The number of thioether (sulfide) groups is 1. The fraction of sp³-hybridized carbons (Fsp3) is 0.900. The van der Waals surface area contributed by atoms with Crippen LogP contribution >= 0.6 is 11.8 Å². The number of hydrogen-bond acceptors (Lipinski definition) is 2. The lowest BCUT2D eigenvalue weighted by molar-refractivity contribution is -0.136. The highest BCUT2D eigenvalue weighted by Crippen LogP contribution is 2.31. The zero-order valence-corrected chi connectivity index (χ0v) is 8.98. The molecule has 0 amide bonds. The van der Waals surface area contributed by atoms with Gasteiger partial charge in [0.25, 0.3) is 0 Å². The largest absolute Gasteiger partial charge is 0.481 e. The van der Waals surface area contributed by atoms with Gasteiger partial charge in [0.2, 0.25) is 0 Å². The van der Waals surface area contributed by atoms with Crippen LogP contribution in [0.25, 0.3) is 0 Å². The van der Waals surface area contributed by atoms with E-state index < -0.39 is 5.97 Å². The Labute approximate surface area is 84.1 Å². The second-order valence-corrected chi connectivity index (χ2v) is 5.32. The van der Waals surface area contributed by atoms with Crippen molar-refractivity contribution >= 4 is 17.7 Å². The van der Waals surface area contributed by atoms with Crippen molar-refractivity contribution in [2.75, 3.05) is 5.75 Å². The van der Waals surface area contributed by atoms with Gasteiger partial charge in [0.15, 0.2) is 0 Å². The van der Waals surface area contributed by atoms with Crippen molar-refractivity contribution in [2.24, 2.45) is 5.92 Å². The van der Waals surface area contributed by atoms with Crippen LogP contribution in [0.15, 0.2) is 0 Å². The molecule has 1 rings (SSSR count). The lowest BCUT2D eigenvalue weighted by Gasteiger charge is -2.25. The quantitative estimate of drug-likeness (QED) is 0.761. The van der Waals surface area contributed by atoms with Gasteiger partial charge < -0.3 is 5.11 Å². The van der Waals surface area contributed by atoms with E-state index in [0.717, 1.165) is 16.9 Å². The predicted octanol–water partition coefficient (Wildman–Crippen LogP) is 2.77. The van der Waals surface area contributed by atoms with Gasteiger partial charge >= 0.3 is 5.97 Å². The topological polar surface area (TPSA) is 37.3 Å². The van der Waals surface area contributed by atoms with Gasteiger partial charge in [-0.25, -0.2) is 0 Å². The predicted molar refractivity (Wildman–Crippen MR) is 56.1 cm³/mol. The first-order valence-corrected chi connectivity index (χ1v) is 6.06. The van der Waals surface area contributed by atoms with E-state index in [2.05, 4.69) is 6.92 Å². The summed E-state index contributed by atoms with van der Waals surface area (Å²) in [5.41, 5.74) is 0. The van der Waals surface area contributed by atoms with Crippen molar-refractivity contribution in [3.63, 3.8) is 0 Å². The molecule has 0 saturated heterocycles. The minimum Gasteiger partial charge on any atom is -0.481 e. The lowest BCUT2D eigenvalue weighted by atomic mass is 9.91. The standard InChI is InChI=1S/C10H18O2S/c1-8-3-2-4-9(7-8)13-6-5-10(11)12/h8-9H,2-7H2,1H3,(H,11,12). The highest BCUT2D eigenvalue weighted by Gasteiger charge is 2.18. The Morgan fingerprint density at radius 2 is 2.31 bits per heavy atom. The molecule has 1 aliphatic rings. The molecular formula is C10H18O2S. The van der Waals surface area contributed by atoms with Crippen molar-refractivity contribution in [2.45, 2.75) is 44.3 Å². The maximum absolute atomic E-state index is 10.3. The summed E-state index contributed by atoms with van der Waals surface area (Å²) in [6.45, 7) is 2.30. The van der Waals surface area contributed by atoms with Gasteiger partial charge in [0, 0.05) is 11.0 Å². The van der Waals surface area contributed by atoms with E-state index in [1.165, 1.54) is 25.7 Å². The average molecular weight is 202 g/mol. The highest BCUT2D eigenvalue weighted by atomic mass is 32.2. The molecule has 76 valence electrons. The summed E-state index contributed by atoms with van der Waals surface area (Å²) in [5.74, 6) is 0.958. The molecule has 0 spiro atoms. The van der Waals surface area contributed by atoms with Gasteiger partial charge in [0.1, 0.15) is 0 Å². The number of carboxylic acids is 1. The van der Waals surface area contributed by atoms with Crippen molar-refractivity contribution in [3.05, 3.63) is 0 Å². The van der Waals surface area contributed by atoms with Crippen molar-refractivity contribution < 1.29 is 9.90 Å². The van der Waals surface area contributed by atoms with Crippen molar-refractivity contribution in [1.29, 1.82) is 0 Å². The first-order chi connectivity index (χ1) is 6.18. The van der Waals surface area contributed by atoms with Crippen LogP contribution in [0, 0.1) is 5.92 Å². The van der Waals surface area contributed by atoms with Crippen LogP contribution in [-0.2, 0) is 4.79 Å². The normalized spacial score (nSPS) is 28.7. The summed E-state index contributed by atoms with van der Waals surface area (Å²) in [5, 5.41) is 9.21. The van der Waals surface area contributed by atoms with Crippen molar-refractivity contribution in [3.8, 4) is 0 Å². The Bertz CT molecular complexity index is 170. The van der Waals surface area contributed by atoms with Gasteiger partial charge in [-0.1, -0.05) is 19.8 Å². The Hall–Kier alpha value is -0.180. The molecule has 1 fully saturated rings. The molecule has 1 aliphatic carbocycles. The third-order valence-electron chi connectivity index (χ3n) is 2.56. The van der Waals surface area contributed by atoms with Gasteiger partial charge in [-0.3, -0.25) is 4.79 Å². The summed E-state index contributed by atoms with van der Waals surface area (Å²) in [6.07, 6.45) is 5.57. The number of rotatable bonds is 4. The van der Waals surface area contributed by atoms with E-state index in [-0.39, 0.29) is 0 Å². The zero-order valence-electron chi connectivity index (χ0n) is 8.16. The summed E-state index contributed by atoms with van der Waals surface area (Å²) < 4.78 is 0. The zero-order chi connectivity index (χ0) is 9.68. The SMILES string of the molecule is CC1CCCC(SCCC(=O)O)C1. The minimum absolute atomic E-state index is 0.315. The molecule has 1 N–H and O–H groups in total. The third kappa shape index (κ3) is 4.55. The molecule has 0 aromatic carbocycles. The van der Waals surface area contributed by atoms with E-state index in [0.29, 0.717) is 6.42 Å². The fourth-order valence-corrected chi connectivity index (χ4v) is 3.27. The third-order valence-corrected chi connectivity index (χ3v) is 3.90. The molecule has 3 heteroatoms. The van der Waals surface area contributed by atoms with Crippen LogP contribution in [0.2, 0.25) is 0 Å². The molecule has 1 saturated carbocycles. The number of carbonyl (C=O) groups is 1. The monoisotopic (exact) mass is 202 g/mol. The second-order valence-electron chi connectivity index (χ2n) is 3.91. The fourth-order valence-electron chi connectivity index (χ4n) is 1.84. The summed E-state index contributed by atoms with van der Waals surface area (Å²) >= 11 is 1.85. The molecule has 0 aromatic rings. The van der Waals surface area contributed by atoms with Crippen LogP contribution < -0.4 is 0 Å². The first-order valence-electron chi connectivity index (χ1n) is 5.02. The molecule has 0 aliphatic heterocycles. The van der Waals surface area contributed by atoms with E-state index in [1.807, 2.05) is 11.8 Å². The molecule has 0 bridgehead atoms. The summed E-state index contributed by atoms with van der Waals surface area (Å²) in [4.78, 5) is 10.3. The Morgan fingerprint density at radius 3 is 2.92 bits per heavy atom. The van der Waals surface area contributed by atoms with E-state index in [9.17, 15) is 4.79 Å². The number of hydrogen-bond donors (Lipinski definition) is 1. The van der Waals surface area contributed by atoms with Gasteiger partial charge in [-0.2, -0.15) is 11.8 Å². The van der Waals surface area contributed by atoms with Gasteiger partial charge in [-0.15, -0.1) is 0 Å². The van der Waals surface area contributed by atoms with E-state index >= 15 is 0 Å². The molecule has 2 unspecified atom stereocenters. The van der Waals surface area contributed by atoms with E-state index in [1.54, 1.807) is 0 Å². The molecule has 0 radical (unpaired) electrons. The van der Waals surface area contributed by atoms with Gasteiger partial charge in [0.05, 0.1) is 6.42 Å². The maximum atomic E-state index is 10.3. The molecule has 2 atom stereocenters. The minimum atomic E-state index is -0.670. The molecule has 13 heavy (non-hydrogen) atoms. The first kappa shape index (κ1) is 10.9.